The van der Waals surface area contributed by atoms with E-state index in [1.54, 1.807) is 6.33 Å². The predicted octanol–water partition coefficient (Wildman–Crippen LogP) is 3.29. The summed E-state index contributed by atoms with van der Waals surface area (Å²) in [6.45, 7) is 3.71. The molecular weight excluding hydrogens is 296 g/mol. The van der Waals surface area contributed by atoms with E-state index in [9.17, 15) is 0 Å². The Morgan fingerprint density at radius 1 is 1.27 bits per heavy atom. The first-order valence-electron chi connectivity index (χ1n) is 7.46. The fourth-order valence-electron chi connectivity index (χ4n) is 2.43. The molecule has 0 radical (unpaired) electrons. The summed E-state index contributed by atoms with van der Waals surface area (Å²) in [4.78, 5) is 8.75. The van der Waals surface area contributed by atoms with Crippen LogP contribution >= 0.6 is 11.6 Å². The van der Waals surface area contributed by atoms with E-state index in [4.69, 9.17) is 11.6 Å². The van der Waals surface area contributed by atoms with Crippen molar-refractivity contribution in [1.82, 2.24) is 15.3 Å². The summed E-state index contributed by atoms with van der Waals surface area (Å²) < 4.78 is 0. The normalized spacial score (nSPS) is 16.9. The molecule has 0 fully saturated rings. The third-order valence-electron chi connectivity index (χ3n) is 3.73. The van der Waals surface area contributed by atoms with Gasteiger partial charge in [-0.1, -0.05) is 35.9 Å². The van der Waals surface area contributed by atoms with E-state index >= 15 is 0 Å². The van der Waals surface area contributed by atoms with Crippen LogP contribution in [0.2, 0.25) is 5.02 Å². The van der Waals surface area contributed by atoms with Crippen molar-refractivity contribution in [2.75, 3.05) is 11.9 Å². The molecule has 2 aromatic rings. The number of hydrogen-bond acceptors (Lipinski definition) is 4. The molecule has 1 aromatic heterocycles. The zero-order valence-electron chi connectivity index (χ0n) is 12.5. The van der Waals surface area contributed by atoms with Crippen LogP contribution in [0.25, 0.3) is 6.08 Å². The van der Waals surface area contributed by atoms with Crippen LogP contribution < -0.4 is 10.6 Å². The highest BCUT2D eigenvalue weighted by atomic mass is 35.5. The molecule has 0 saturated carbocycles. The summed E-state index contributed by atoms with van der Waals surface area (Å²) in [5.74, 6) is 0.895. The van der Waals surface area contributed by atoms with Crippen LogP contribution in [-0.4, -0.2) is 22.6 Å². The zero-order valence-corrected chi connectivity index (χ0v) is 13.3. The summed E-state index contributed by atoms with van der Waals surface area (Å²) in [5.41, 5.74) is 3.36. The van der Waals surface area contributed by atoms with Gasteiger partial charge in [-0.05, 0) is 31.0 Å². The summed E-state index contributed by atoms with van der Waals surface area (Å²) in [6.07, 6.45) is 6.79. The molecule has 1 atom stereocenters. The summed E-state index contributed by atoms with van der Waals surface area (Å²) in [6, 6.07) is 8.29. The molecule has 114 valence electrons. The highest BCUT2D eigenvalue weighted by Gasteiger charge is 2.12. The van der Waals surface area contributed by atoms with Crippen molar-refractivity contribution in [2.24, 2.45) is 0 Å². The number of hydrogen-bond donors (Lipinski definition) is 2. The molecule has 5 heteroatoms. The highest BCUT2D eigenvalue weighted by Crippen LogP contribution is 2.20. The van der Waals surface area contributed by atoms with Crippen LogP contribution in [0.1, 0.15) is 23.7 Å². The van der Waals surface area contributed by atoms with Gasteiger partial charge in [-0.3, -0.25) is 0 Å². The van der Waals surface area contributed by atoms with Crippen LogP contribution in [0.3, 0.4) is 0 Å². The van der Waals surface area contributed by atoms with E-state index in [0.717, 1.165) is 41.6 Å². The molecular formula is C17H19ClN4. The number of halogens is 1. The smallest absolute Gasteiger partial charge is 0.136 e. The number of fused-ring (bicyclic) bond motifs is 1. The molecule has 0 amide bonds. The number of nitrogens with zero attached hydrogens (tertiary/aromatic N) is 2. The van der Waals surface area contributed by atoms with Crippen LogP contribution in [0, 0.1) is 0 Å². The molecule has 4 nitrogen and oxygen atoms in total. The Morgan fingerprint density at radius 3 is 2.91 bits per heavy atom. The van der Waals surface area contributed by atoms with Crippen molar-refractivity contribution >= 4 is 23.5 Å². The van der Waals surface area contributed by atoms with Gasteiger partial charge in [0.1, 0.15) is 12.1 Å². The minimum atomic E-state index is 0.344. The van der Waals surface area contributed by atoms with Crippen LogP contribution in [0.5, 0.6) is 0 Å². The molecule has 2 heterocycles. The van der Waals surface area contributed by atoms with E-state index in [1.165, 1.54) is 5.56 Å². The first-order valence-corrected chi connectivity index (χ1v) is 7.84. The van der Waals surface area contributed by atoms with E-state index in [0.29, 0.717) is 6.04 Å². The molecule has 0 bridgehead atoms. The second-order valence-electron chi connectivity index (χ2n) is 5.41. The van der Waals surface area contributed by atoms with E-state index in [-0.39, 0.29) is 0 Å². The molecule has 1 aliphatic rings. The molecule has 3 rings (SSSR count). The molecule has 22 heavy (non-hydrogen) atoms. The van der Waals surface area contributed by atoms with Gasteiger partial charge in [-0.2, -0.15) is 0 Å². The summed E-state index contributed by atoms with van der Waals surface area (Å²) in [7, 11) is 0. The monoisotopic (exact) mass is 314 g/mol. The Bertz CT molecular complexity index is 667. The van der Waals surface area contributed by atoms with Gasteiger partial charge in [0.05, 0.1) is 5.69 Å². The van der Waals surface area contributed by atoms with Crippen molar-refractivity contribution in [3.8, 4) is 0 Å². The van der Waals surface area contributed by atoms with Crippen molar-refractivity contribution < 1.29 is 0 Å². The molecule has 1 aromatic carbocycles. The van der Waals surface area contributed by atoms with Gasteiger partial charge in [0.15, 0.2) is 0 Å². The number of aromatic nitrogens is 2. The lowest BCUT2D eigenvalue weighted by atomic mass is 10.1. The molecule has 1 aliphatic heterocycles. The maximum absolute atomic E-state index is 5.90. The summed E-state index contributed by atoms with van der Waals surface area (Å²) >= 11 is 5.90. The molecule has 0 aliphatic carbocycles. The first-order chi connectivity index (χ1) is 10.7. The Hall–Kier alpha value is -1.91. The topological polar surface area (TPSA) is 49.8 Å². The Kier molecular flexibility index (Phi) is 4.71. The van der Waals surface area contributed by atoms with E-state index < -0.39 is 0 Å². The van der Waals surface area contributed by atoms with E-state index in [2.05, 4.69) is 51.8 Å². The average Bonchev–Trinajstić information content (AvgIpc) is 2.72. The lowest BCUT2D eigenvalue weighted by Crippen LogP contribution is -2.22. The number of benzene rings is 1. The zero-order chi connectivity index (χ0) is 15.4. The number of nitrogens with one attached hydrogen (secondary N) is 2. The van der Waals surface area contributed by atoms with Crippen LogP contribution in [-0.2, 0) is 13.0 Å². The van der Waals surface area contributed by atoms with Gasteiger partial charge < -0.3 is 10.6 Å². The standard InChI is InChI=1S/C17H19ClN4/c1-12-2-7-15-16(10-20-12)21-11-22-17(15)19-9-8-13-3-5-14(18)6-4-13/h2-7,11-12,20H,8-10H2,1H3,(H,19,21,22). The minimum absolute atomic E-state index is 0.344. The lowest BCUT2D eigenvalue weighted by Gasteiger charge is -2.11. The van der Waals surface area contributed by atoms with Crippen molar-refractivity contribution in [1.29, 1.82) is 0 Å². The Labute approximate surface area is 135 Å². The summed E-state index contributed by atoms with van der Waals surface area (Å²) in [5, 5.41) is 7.58. The fraction of sp³-hybridized carbons (Fsp3) is 0.294. The van der Waals surface area contributed by atoms with E-state index in [1.807, 2.05) is 12.1 Å². The maximum Gasteiger partial charge on any atom is 0.136 e. The average molecular weight is 315 g/mol. The maximum atomic E-state index is 5.90. The van der Waals surface area contributed by atoms with Gasteiger partial charge in [0.25, 0.3) is 0 Å². The number of rotatable bonds is 4. The molecule has 1 unspecified atom stereocenters. The van der Waals surface area contributed by atoms with Crippen molar-refractivity contribution in [3.63, 3.8) is 0 Å². The molecule has 2 N–H and O–H groups in total. The minimum Gasteiger partial charge on any atom is -0.369 e. The Balaban J connectivity index is 1.68. The third kappa shape index (κ3) is 3.64. The first kappa shape index (κ1) is 15.0. The lowest BCUT2D eigenvalue weighted by molar-refractivity contribution is 0.629. The highest BCUT2D eigenvalue weighted by molar-refractivity contribution is 6.30. The third-order valence-corrected chi connectivity index (χ3v) is 3.98. The van der Waals surface area contributed by atoms with Gasteiger partial charge in [0.2, 0.25) is 0 Å². The van der Waals surface area contributed by atoms with Crippen molar-refractivity contribution in [3.05, 3.63) is 58.5 Å². The molecule has 0 spiro atoms. The van der Waals surface area contributed by atoms with Gasteiger partial charge in [0, 0.05) is 29.7 Å². The Morgan fingerprint density at radius 2 is 2.09 bits per heavy atom. The largest absolute Gasteiger partial charge is 0.369 e. The second kappa shape index (κ2) is 6.90. The van der Waals surface area contributed by atoms with Gasteiger partial charge >= 0.3 is 0 Å². The predicted molar refractivity (Wildman–Crippen MR) is 91.0 cm³/mol. The van der Waals surface area contributed by atoms with Crippen molar-refractivity contribution in [2.45, 2.75) is 25.9 Å². The van der Waals surface area contributed by atoms with Crippen LogP contribution in [0.15, 0.2) is 36.7 Å². The molecule has 0 saturated heterocycles. The quantitative estimate of drug-likeness (QED) is 0.909. The SMILES string of the molecule is CC1C=Cc2c(ncnc2NCCc2ccc(Cl)cc2)CN1. The van der Waals surface area contributed by atoms with Gasteiger partial charge in [-0.15, -0.1) is 0 Å². The fourth-order valence-corrected chi connectivity index (χ4v) is 2.56. The second-order valence-corrected chi connectivity index (χ2v) is 5.85. The van der Waals surface area contributed by atoms with Crippen LogP contribution in [0.4, 0.5) is 5.82 Å². The number of anilines is 1. The van der Waals surface area contributed by atoms with Gasteiger partial charge in [-0.25, -0.2) is 9.97 Å².